The Labute approximate surface area is 140 Å². The Kier molecular flexibility index (Phi) is 4.52. The highest BCUT2D eigenvalue weighted by atomic mass is 79.9. The zero-order valence-corrected chi connectivity index (χ0v) is 13.4. The SMILES string of the molecule is O=C(OCc1ncc(-c2ccccc2)o1)c1ccc(Br)cc1F. The zero-order valence-electron chi connectivity index (χ0n) is 11.8. The summed E-state index contributed by atoms with van der Waals surface area (Å²) in [5, 5.41) is 0. The molecule has 2 aromatic carbocycles. The maximum atomic E-state index is 13.7. The number of aromatic nitrogens is 1. The van der Waals surface area contributed by atoms with Crippen LogP contribution < -0.4 is 0 Å². The largest absolute Gasteiger partial charge is 0.452 e. The van der Waals surface area contributed by atoms with Gasteiger partial charge in [-0.3, -0.25) is 0 Å². The van der Waals surface area contributed by atoms with E-state index in [0.29, 0.717) is 10.2 Å². The molecular weight excluding hydrogens is 365 g/mol. The van der Waals surface area contributed by atoms with E-state index in [1.54, 1.807) is 12.3 Å². The smallest absolute Gasteiger partial charge is 0.341 e. The van der Waals surface area contributed by atoms with Crippen LogP contribution in [0.15, 0.2) is 63.6 Å². The van der Waals surface area contributed by atoms with Gasteiger partial charge >= 0.3 is 5.97 Å². The van der Waals surface area contributed by atoms with Crippen molar-refractivity contribution in [3.05, 3.63) is 76.5 Å². The van der Waals surface area contributed by atoms with Crippen molar-refractivity contribution < 1.29 is 18.3 Å². The number of esters is 1. The molecule has 0 spiro atoms. The Hall–Kier alpha value is -2.47. The van der Waals surface area contributed by atoms with Gasteiger partial charge in [0.05, 0.1) is 11.8 Å². The molecule has 0 amide bonds. The summed E-state index contributed by atoms with van der Waals surface area (Å²) in [4.78, 5) is 15.9. The number of halogens is 2. The number of carbonyl (C=O) groups excluding carboxylic acids is 1. The average Bonchev–Trinajstić information content (AvgIpc) is 3.02. The van der Waals surface area contributed by atoms with Crippen LogP contribution in [0.2, 0.25) is 0 Å². The van der Waals surface area contributed by atoms with Crippen LogP contribution in [-0.4, -0.2) is 11.0 Å². The van der Waals surface area contributed by atoms with Gasteiger partial charge in [0, 0.05) is 10.0 Å². The first-order valence-corrected chi connectivity index (χ1v) is 7.55. The lowest BCUT2D eigenvalue weighted by Crippen LogP contribution is -2.07. The number of carbonyl (C=O) groups is 1. The normalized spacial score (nSPS) is 10.5. The molecular formula is C17H11BrFNO3. The van der Waals surface area contributed by atoms with Crippen molar-refractivity contribution in [1.82, 2.24) is 4.98 Å². The standard InChI is InChI=1S/C17H11BrFNO3/c18-12-6-7-13(14(19)8-12)17(21)22-10-16-20-9-15(23-16)11-4-2-1-3-5-11/h1-9H,10H2. The summed E-state index contributed by atoms with van der Waals surface area (Å²) < 4.78 is 24.8. The second kappa shape index (κ2) is 6.75. The van der Waals surface area contributed by atoms with Gasteiger partial charge in [-0.2, -0.15) is 0 Å². The minimum absolute atomic E-state index is 0.136. The zero-order chi connectivity index (χ0) is 16.2. The number of ether oxygens (including phenoxy) is 1. The quantitative estimate of drug-likeness (QED) is 0.625. The van der Waals surface area contributed by atoms with E-state index in [0.717, 1.165) is 5.56 Å². The van der Waals surface area contributed by atoms with Gasteiger partial charge in [0.2, 0.25) is 5.89 Å². The van der Waals surface area contributed by atoms with Gasteiger partial charge in [0.25, 0.3) is 0 Å². The van der Waals surface area contributed by atoms with E-state index in [4.69, 9.17) is 9.15 Å². The second-order valence-electron chi connectivity index (χ2n) is 4.68. The third kappa shape index (κ3) is 3.65. The first-order chi connectivity index (χ1) is 11.1. The molecule has 0 unspecified atom stereocenters. The van der Waals surface area contributed by atoms with Crippen LogP contribution in [0, 0.1) is 5.82 Å². The van der Waals surface area contributed by atoms with Gasteiger partial charge in [-0.25, -0.2) is 14.2 Å². The molecule has 0 fully saturated rings. The molecule has 6 heteroatoms. The minimum Gasteiger partial charge on any atom is -0.452 e. The van der Waals surface area contributed by atoms with E-state index < -0.39 is 11.8 Å². The number of rotatable bonds is 4. The fourth-order valence-corrected chi connectivity index (χ4v) is 2.31. The Morgan fingerprint density at radius 2 is 2.00 bits per heavy atom. The molecule has 0 N–H and O–H groups in total. The molecule has 116 valence electrons. The minimum atomic E-state index is -0.769. The first kappa shape index (κ1) is 15.4. The van der Waals surface area contributed by atoms with E-state index >= 15 is 0 Å². The molecule has 0 saturated carbocycles. The maximum Gasteiger partial charge on any atom is 0.341 e. The molecule has 0 radical (unpaired) electrons. The summed E-state index contributed by atoms with van der Waals surface area (Å²) >= 11 is 3.13. The van der Waals surface area contributed by atoms with Crippen molar-refractivity contribution in [1.29, 1.82) is 0 Å². The number of oxazole rings is 1. The van der Waals surface area contributed by atoms with Crippen molar-refractivity contribution in [2.45, 2.75) is 6.61 Å². The molecule has 1 heterocycles. The fraction of sp³-hybridized carbons (Fsp3) is 0.0588. The van der Waals surface area contributed by atoms with Crippen LogP contribution in [0.5, 0.6) is 0 Å². The van der Waals surface area contributed by atoms with Gasteiger partial charge in [-0.05, 0) is 18.2 Å². The molecule has 0 aliphatic carbocycles. The molecule has 0 atom stereocenters. The lowest BCUT2D eigenvalue weighted by Gasteiger charge is -2.04. The lowest BCUT2D eigenvalue weighted by molar-refractivity contribution is 0.0433. The summed E-state index contributed by atoms with van der Waals surface area (Å²) in [6, 6.07) is 13.6. The number of hydrogen-bond donors (Lipinski definition) is 0. The van der Waals surface area contributed by atoms with Crippen LogP contribution in [-0.2, 0) is 11.3 Å². The topological polar surface area (TPSA) is 52.3 Å². The first-order valence-electron chi connectivity index (χ1n) is 6.76. The van der Waals surface area contributed by atoms with Crippen LogP contribution in [0.1, 0.15) is 16.2 Å². The molecule has 0 saturated heterocycles. The highest BCUT2D eigenvalue weighted by Gasteiger charge is 2.15. The van der Waals surface area contributed by atoms with Crippen molar-refractivity contribution in [3.8, 4) is 11.3 Å². The number of hydrogen-bond acceptors (Lipinski definition) is 4. The molecule has 0 aliphatic heterocycles. The number of nitrogens with zero attached hydrogens (tertiary/aromatic N) is 1. The molecule has 0 bridgehead atoms. The highest BCUT2D eigenvalue weighted by Crippen LogP contribution is 2.21. The Balaban J connectivity index is 1.67. The predicted molar refractivity (Wildman–Crippen MR) is 85.2 cm³/mol. The van der Waals surface area contributed by atoms with Gasteiger partial charge in [0.15, 0.2) is 12.4 Å². The lowest BCUT2D eigenvalue weighted by atomic mass is 10.2. The predicted octanol–water partition coefficient (Wildman–Crippen LogP) is 4.60. The molecule has 1 aromatic heterocycles. The third-order valence-corrected chi connectivity index (χ3v) is 3.58. The van der Waals surface area contributed by atoms with Crippen molar-refractivity contribution in [3.63, 3.8) is 0 Å². The van der Waals surface area contributed by atoms with Crippen molar-refractivity contribution in [2.75, 3.05) is 0 Å². The molecule has 4 nitrogen and oxygen atoms in total. The van der Waals surface area contributed by atoms with E-state index in [2.05, 4.69) is 20.9 Å². The highest BCUT2D eigenvalue weighted by molar-refractivity contribution is 9.10. The monoisotopic (exact) mass is 375 g/mol. The fourth-order valence-electron chi connectivity index (χ4n) is 1.97. The second-order valence-corrected chi connectivity index (χ2v) is 5.60. The maximum absolute atomic E-state index is 13.7. The summed E-state index contributed by atoms with van der Waals surface area (Å²) in [5.41, 5.74) is 0.736. The molecule has 23 heavy (non-hydrogen) atoms. The van der Waals surface area contributed by atoms with Crippen LogP contribution >= 0.6 is 15.9 Å². The van der Waals surface area contributed by atoms with E-state index in [-0.39, 0.29) is 18.1 Å². The molecule has 0 aliphatic rings. The summed E-state index contributed by atoms with van der Waals surface area (Å²) in [6.45, 7) is -0.166. The van der Waals surface area contributed by atoms with Crippen LogP contribution in [0.3, 0.4) is 0 Å². The summed E-state index contributed by atoms with van der Waals surface area (Å²) in [5.74, 6) is -0.600. The van der Waals surface area contributed by atoms with Gasteiger partial charge in [-0.15, -0.1) is 0 Å². The number of benzene rings is 2. The Morgan fingerprint density at radius 1 is 1.22 bits per heavy atom. The van der Waals surface area contributed by atoms with E-state index in [1.165, 1.54) is 12.1 Å². The summed E-state index contributed by atoms with van der Waals surface area (Å²) in [6.07, 6.45) is 1.55. The third-order valence-electron chi connectivity index (χ3n) is 3.09. The van der Waals surface area contributed by atoms with Gasteiger partial charge in [-0.1, -0.05) is 46.3 Å². The van der Waals surface area contributed by atoms with E-state index in [1.807, 2.05) is 30.3 Å². The Morgan fingerprint density at radius 3 is 2.74 bits per heavy atom. The van der Waals surface area contributed by atoms with Gasteiger partial charge in [0.1, 0.15) is 5.82 Å². The van der Waals surface area contributed by atoms with Crippen LogP contribution in [0.4, 0.5) is 4.39 Å². The van der Waals surface area contributed by atoms with Crippen molar-refractivity contribution >= 4 is 21.9 Å². The van der Waals surface area contributed by atoms with Crippen molar-refractivity contribution in [2.24, 2.45) is 0 Å². The van der Waals surface area contributed by atoms with E-state index in [9.17, 15) is 9.18 Å². The summed E-state index contributed by atoms with van der Waals surface area (Å²) in [7, 11) is 0. The average molecular weight is 376 g/mol. The van der Waals surface area contributed by atoms with Gasteiger partial charge < -0.3 is 9.15 Å². The molecule has 3 aromatic rings. The Bertz CT molecular complexity index is 833. The molecule has 3 rings (SSSR count). The van der Waals surface area contributed by atoms with Crippen LogP contribution in [0.25, 0.3) is 11.3 Å².